The fourth-order valence-corrected chi connectivity index (χ4v) is 2.85. The van der Waals surface area contributed by atoms with Gasteiger partial charge in [-0.05, 0) is 37.9 Å². The van der Waals surface area contributed by atoms with Crippen LogP contribution in [0.2, 0.25) is 0 Å². The summed E-state index contributed by atoms with van der Waals surface area (Å²) in [5, 5.41) is 8.98. The number of carboxylic acids is 1. The lowest BCUT2D eigenvalue weighted by Gasteiger charge is -2.37. The van der Waals surface area contributed by atoms with E-state index in [0.29, 0.717) is 6.04 Å². The number of hydrogen-bond donors (Lipinski definition) is 1. The summed E-state index contributed by atoms with van der Waals surface area (Å²) in [4.78, 5) is 20.0. The highest BCUT2D eigenvalue weighted by Crippen LogP contribution is 2.23. The van der Waals surface area contributed by atoms with Crippen molar-refractivity contribution in [2.24, 2.45) is 0 Å². The fourth-order valence-electron chi connectivity index (χ4n) is 2.85. The quantitative estimate of drug-likeness (QED) is 0.912. The van der Waals surface area contributed by atoms with E-state index < -0.39 is 5.97 Å². The van der Waals surface area contributed by atoms with Crippen molar-refractivity contribution < 1.29 is 9.90 Å². The third kappa shape index (κ3) is 3.10. The minimum atomic E-state index is -0.925. The van der Waals surface area contributed by atoms with Crippen LogP contribution >= 0.6 is 0 Å². The molecule has 1 aliphatic rings. The lowest BCUT2D eigenvalue weighted by Crippen LogP contribution is -2.43. The second-order valence-corrected chi connectivity index (χ2v) is 5.45. The summed E-state index contributed by atoms with van der Waals surface area (Å²) in [6.07, 6.45) is 3.71. The highest BCUT2D eigenvalue weighted by molar-refractivity contribution is 5.87. The molecule has 1 aromatic heterocycles. The maximum absolute atomic E-state index is 10.9. The average Bonchev–Trinajstić information content (AvgIpc) is 2.46. The maximum Gasteiger partial charge on any atom is 0.337 e. The van der Waals surface area contributed by atoms with E-state index in [0.717, 1.165) is 43.9 Å². The predicted octanol–water partition coefficient (Wildman–Crippen LogP) is 2.01. The molecule has 0 amide bonds. The number of nitrogens with zero attached hydrogens (tertiary/aromatic N) is 3. The zero-order valence-electron chi connectivity index (χ0n) is 12.5. The van der Waals surface area contributed by atoms with E-state index in [1.54, 1.807) is 6.07 Å². The lowest BCUT2D eigenvalue weighted by molar-refractivity contribution is 0.0696. The summed E-state index contributed by atoms with van der Waals surface area (Å²) in [7, 11) is 2.06. The van der Waals surface area contributed by atoms with Crippen LogP contribution in [0.15, 0.2) is 12.3 Å². The number of hydrogen-bond acceptors (Lipinski definition) is 4. The molecular weight excluding hydrogens is 254 g/mol. The first-order chi connectivity index (χ1) is 9.52. The van der Waals surface area contributed by atoms with E-state index >= 15 is 0 Å². The smallest absolute Gasteiger partial charge is 0.337 e. The number of piperidine rings is 1. The summed E-state index contributed by atoms with van der Waals surface area (Å²) >= 11 is 0. The number of aromatic nitrogens is 1. The molecule has 5 heteroatoms. The summed E-state index contributed by atoms with van der Waals surface area (Å²) in [6.45, 7) is 7.48. The van der Waals surface area contributed by atoms with Gasteiger partial charge in [-0.1, -0.05) is 6.92 Å². The van der Waals surface area contributed by atoms with E-state index in [9.17, 15) is 4.79 Å². The molecule has 0 aliphatic carbocycles. The van der Waals surface area contributed by atoms with Gasteiger partial charge in [0.15, 0.2) is 0 Å². The number of anilines is 1. The van der Waals surface area contributed by atoms with Gasteiger partial charge in [0.25, 0.3) is 0 Å². The number of carboxylic acid groups (broad SMARTS) is 1. The van der Waals surface area contributed by atoms with Crippen LogP contribution in [0.4, 0.5) is 5.82 Å². The third-order valence-electron chi connectivity index (χ3n) is 4.18. The zero-order valence-corrected chi connectivity index (χ0v) is 12.5. The second-order valence-electron chi connectivity index (χ2n) is 5.45. The topological polar surface area (TPSA) is 56.7 Å². The van der Waals surface area contributed by atoms with E-state index in [1.807, 2.05) is 6.92 Å². The van der Waals surface area contributed by atoms with Gasteiger partial charge in [0.2, 0.25) is 0 Å². The highest BCUT2D eigenvalue weighted by atomic mass is 16.4. The maximum atomic E-state index is 10.9. The van der Waals surface area contributed by atoms with Crippen molar-refractivity contribution >= 4 is 11.8 Å². The number of carbonyl (C=O) groups is 1. The minimum Gasteiger partial charge on any atom is -0.478 e. The van der Waals surface area contributed by atoms with Crippen molar-refractivity contribution in [1.82, 2.24) is 9.88 Å². The third-order valence-corrected chi connectivity index (χ3v) is 4.18. The molecule has 2 rings (SSSR count). The Kier molecular flexibility index (Phi) is 4.60. The highest BCUT2D eigenvalue weighted by Gasteiger charge is 2.23. The van der Waals surface area contributed by atoms with Crippen molar-refractivity contribution in [1.29, 1.82) is 0 Å². The molecule has 0 radical (unpaired) electrons. The van der Waals surface area contributed by atoms with E-state index in [1.165, 1.54) is 6.20 Å². The SMILES string of the molecule is CCN1CCC(N(C)c2ncc(C(=O)O)cc2C)CC1. The van der Waals surface area contributed by atoms with Gasteiger partial charge in [-0.25, -0.2) is 9.78 Å². The first-order valence-electron chi connectivity index (χ1n) is 7.18. The van der Waals surface area contributed by atoms with Gasteiger partial charge in [0.05, 0.1) is 5.56 Å². The van der Waals surface area contributed by atoms with Crippen molar-refractivity contribution in [2.75, 3.05) is 31.6 Å². The average molecular weight is 277 g/mol. The molecule has 0 bridgehead atoms. The molecule has 0 atom stereocenters. The van der Waals surface area contributed by atoms with Crippen LogP contribution < -0.4 is 4.90 Å². The van der Waals surface area contributed by atoms with Crippen LogP contribution in [-0.2, 0) is 0 Å². The van der Waals surface area contributed by atoms with Gasteiger partial charge in [0.1, 0.15) is 5.82 Å². The van der Waals surface area contributed by atoms with Gasteiger partial charge in [-0.15, -0.1) is 0 Å². The molecular formula is C15H23N3O2. The van der Waals surface area contributed by atoms with Crippen LogP contribution in [0.25, 0.3) is 0 Å². The predicted molar refractivity (Wildman–Crippen MR) is 79.5 cm³/mol. The Morgan fingerprint density at radius 2 is 2.15 bits per heavy atom. The number of rotatable bonds is 4. The molecule has 1 aliphatic heterocycles. The first-order valence-corrected chi connectivity index (χ1v) is 7.18. The first kappa shape index (κ1) is 14.8. The Bertz CT molecular complexity index is 482. The van der Waals surface area contributed by atoms with E-state index in [4.69, 9.17) is 5.11 Å². The number of likely N-dealkylation sites (tertiary alicyclic amines) is 1. The van der Waals surface area contributed by atoms with Gasteiger partial charge < -0.3 is 14.9 Å². The molecule has 1 N–H and O–H groups in total. The molecule has 0 aromatic carbocycles. The molecule has 2 heterocycles. The normalized spacial score (nSPS) is 17.1. The Hall–Kier alpha value is -1.62. The molecule has 5 nitrogen and oxygen atoms in total. The summed E-state index contributed by atoms with van der Waals surface area (Å²) in [6, 6.07) is 2.18. The van der Waals surface area contributed by atoms with E-state index in [2.05, 4.69) is 28.8 Å². The van der Waals surface area contributed by atoms with Crippen molar-refractivity contribution in [3.8, 4) is 0 Å². The molecule has 1 saturated heterocycles. The van der Waals surface area contributed by atoms with Crippen LogP contribution in [-0.4, -0.2) is 53.7 Å². The number of aromatic carboxylic acids is 1. The number of pyridine rings is 1. The van der Waals surface area contributed by atoms with Crippen LogP contribution in [0, 0.1) is 6.92 Å². The molecule has 0 spiro atoms. The summed E-state index contributed by atoms with van der Waals surface area (Å²) < 4.78 is 0. The second kappa shape index (κ2) is 6.22. The Labute approximate surface area is 120 Å². The standard InChI is InChI=1S/C15H23N3O2/c1-4-18-7-5-13(6-8-18)17(3)14-11(2)9-12(10-16-14)15(19)20/h9-10,13H,4-8H2,1-3H3,(H,19,20). The monoisotopic (exact) mass is 277 g/mol. The van der Waals surface area contributed by atoms with Crippen molar-refractivity contribution in [3.05, 3.63) is 23.4 Å². The van der Waals surface area contributed by atoms with E-state index in [-0.39, 0.29) is 5.56 Å². The Morgan fingerprint density at radius 1 is 1.50 bits per heavy atom. The summed E-state index contributed by atoms with van der Waals surface area (Å²) in [5.41, 5.74) is 1.17. The van der Waals surface area contributed by atoms with Crippen molar-refractivity contribution in [2.45, 2.75) is 32.7 Å². The van der Waals surface area contributed by atoms with Crippen LogP contribution in [0.5, 0.6) is 0 Å². The van der Waals surface area contributed by atoms with Gasteiger partial charge >= 0.3 is 5.97 Å². The van der Waals surface area contributed by atoms with Crippen LogP contribution in [0.1, 0.15) is 35.7 Å². The van der Waals surface area contributed by atoms with Crippen LogP contribution in [0.3, 0.4) is 0 Å². The fraction of sp³-hybridized carbons (Fsp3) is 0.600. The number of aryl methyl sites for hydroxylation is 1. The molecule has 0 saturated carbocycles. The van der Waals surface area contributed by atoms with Gasteiger partial charge in [0, 0.05) is 32.4 Å². The largest absolute Gasteiger partial charge is 0.478 e. The molecule has 110 valence electrons. The zero-order chi connectivity index (χ0) is 14.7. The Morgan fingerprint density at radius 3 is 2.65 bits per heavy atom. The van der Waals surface area contributed by atoms with Crippen molar-refractivity contribution in [3.63, 3.8) is 0 Å². The summed E-state index contributed by atoms with van der Waals surface area (Å²) in [5.74, 6) is -0.0315. The molecule has 1 fully saturated rings. The van der Waals surface area contributed by atoms with Gasteiger partial charge in [-0.2, -0.15) is 0 Å². The lowest BCUT2D eigenvalue weighted by atomic mass is 10.0. The molecule has 20 heavy (non-hydrogen) atoms. The Balaban J connectivity index is 2.09. The molecule has 1 aromatic rings. The minimum absolute atomic E-state index is 0.250. The van der Waals surface area contributed by atoms with Gasteiger partial charge in [-0.3, -0.25) is 0 Å². The molecule has 0 unspecified atom stereocenters.